The Morgan fingerprint density at radius 3 is 2.73 bits per heavy atom. The van der Waals surface area contributed by atoms with E-state index in [2.05, 4.69) is 25.8 Å². The number of aromatic amines is 1. The van der Waals surface area contributed by atoms with Crippen molar-refractivity contribution in [3.05, 3.63) is 84.2 Å². The highest BCUT2D eigenvalue weighted by Crippen LogP contribution is 2.13. The van der Waals surface area contributed by atoms with E-state index in [0.29, 0.717) is 12.4 Å². The molecule has 0 aliphatic rings. The van der Waals surface area contributed by atoms with Gasteiger partial charge < -0.3 is 4.74 Å². The van der Waals surface area contributed by atoms with Gasteiger partial charge in [0.15, 0.2) is 5.82 Å². The predicted octanol–water partition coefficient (Wildman–Crippen LogP) is 2.57. The van der Waals surface area contributed by atoms with Crippen LogP contribution in [0.3, 0.4) is 0 Å². The number of H-pyrrole nitrogens is 1. The molecule has 2 aromatic carbocycles. The monoisotopic (exact) mass is 345 g/mol. The molecule has 26 heavy (non-hydrogen) atoms. The second-order valence-corrected chi connectivity index (χ2v) is 5.60. The van der Waals surface area contributed by atoms with Gasteiger partial charge in [-0.05, 0) is 41.5 Å². The third kappa shape index (κ3) is 3.84. The zero-order chi connectivity index (χ0) is 17.6. The third-order valence-electron chi connectivity index (χ3n) is 3.72. The fraction of sp³-hybridized carbons (Fsp3) is 0.0526. The average molecular weight is 345 g/mol. The quantitative estimate of drug-likeness (QED) is 0.320. The van der Waals surface area contributed by atoms with Crippen molar-refractivity contribution >= 4 is 17.7 Å². The van der Waals surface area contributed by atoms with E-state index in [1.54, 1.807) is 17.1 Å². The number of fused-ring (bicyclic) bond motifs is 1. The van der Waals surface area contributed by atoms with Crippen molar-refractivity contribution in [3.8, 4) is 5.75 Å². The number of benzene rings is 2. The Kier molecular flexibility index (Phi) is 4.51. The van der Waals surface area contributed by atoms with Crippen LogP contribution < -0.4 is 14.7 Å². The standard InChI is InChI=1S/C19H16N6O/c1-2-4-16(5-3-1)13-26-17-8-6-15(7-9-17)12-20-22-18-10-11-19-23-21-14-25(19)24-18/h1-12,14H,13H2,(H,22,24)/p+1/b20-12+. The Hall–Kier alpha value is -3.74. The number of anilines is 1. The molecule has 4 aromatic rings. The molecule has 0 spiro atoms. The van der Waals surface area contributed by atoms with Gasteiger partial charge in [0.1, 0.15) is 12.4 Å². The molecule has 0 aliphatic carbocycles. The first-order valence-corrected chi connectivity index (χ1v) is 8.15. The molecule has 0 radical (unpaired) electrons. The first kappa shape index (κ1) is 15.8. The minimum absolute atomic E-state index is 0.551. The van der Waals surface area contributed by atoms with E-state index in [1.807, 2.05) is 66.7 Å². The van der Waals surface area contributed by atoms with Crippen molar-refractivity contribution < 1.29 is 9.25 Å². The largest absolute Gasteiger partial charge is 0.489 e. The molecule has 0 aliphatic heterocycles. The minimum Gasteiger partial charge on any atom is -0.489 e. The Morgan fingerprint density at radius 2 is 1.88 bits per heavy atom. The first-order chi connectivity index (χ1) is 12.9. The van der Waals surface area contributed by atoms with Crippen LogP contribution in [0.2, 0.25) is 0 Å². The van der Waals surface area contributed by atoms with Crippen LogP contribution in [0.4, 0.5) is 5.82 Å². The third-order valence-corrected chi connectivity index (χ3v) is 3.72. The number of hydrazone groups is 1. The maximum Gasteiger partial charge on any atom is 0.325 e. The summed E-state index contributed by atoms with van der Waals surface area (Å²) in [7, 11) is 0. The molecule has 0 saturated carbocycles. The van der Waals surface area contributed by atoms with Gasteiger partial charge in [0.25, 0.3) is 0 Å². The number of nitrogens with one attached hydrogen (secondary N) is 2. The molecule has 7 nitrogen and oxygen atoms in total. The smallest absolute Gasteiger partial charge is 0.325 e. The van der Waals surface area contributed by atoms with Crippen LogP contribution in [0.1, 0.15) is 11.1 Å². The second-order valence-electron chi connectivity index (χ2n) is 5.60. The Labute approximate surface area is 150 Å². The van der Waals surface area contributed by atoms with Gasteiger partial charge in [-0.15, -0.1) is 9.61 Å². The van der Waals surface area contributed by atoms with Gasteiger partial charge in [-0.3, -0.25) is 5.43 Å². The van der Waals surface area contributed by atoms with Gasteiger partial charge in [-0.25, -0.2) is 0 Å². The molecule has 4 rings (SSSR count). The van der Waals surface area contributed by atoms with Crippen molar-refractivity contribution in [1.29, 1.82) is 0 Å². The average Bonchev–Trinajstić information content (AvgIpc) is 3.16. The second kappa shape index (κ2) is 7.43. The number of rotatable bonds is 6. The van der Waals surface area contributed by atoms with Crippen LogP contribution in [0.5, 0.6) is 5.75 Å². The van der Waals surface area contributed by atoms with E-state index in [-0.39, 0.29) is 0 Å². The minimum atomic E-state index is 0.551. The SMILES string of the molecule is C(=N\Nc1ccc2n[nH]c[n+]2n1)/c1ccc(OCc2ccccc2)cc1. The number of ether oxygens (including phenoxy) is 1. The lowest BCUT2D eigenvalue weighted by atomic mass is 10.2. The van der Waals surface area contributed by atoms with E-state index in [4.69, 9.17) is 4.74 Å². The van der Waals surface area contributed by atoms with Crippen molar-refractivity contribution in [1.82, 2.24) is 15.3 Å². The molecule has 2 N–H and O–H groups in total. The molecule has 0 saturated heterocycles. The summed E-state index contributed by atoms with van der Waals surface area (Å²) >= 11 is 0. The highest BCUT2D eigenvalue weighted by Gasteiger charge is 2.04. The summed E-state index contributed by atoms with van der Waals surface area (Å²) in [6.07, 6.45) is 3.39. The molecule has 0 amide bonds. The fourth-order valence-electron chi connectivity index (χ4n) is 2.39. The molecule has 2 aromatic heterocycles. The van der Waals surface area contributed by atoms with Crippen molar-refractivity contribution in [2.24, 2.45) is 5.10 Å². The summed E-state index contributed by atoms with van der Waals surface area (Å²) in [6, 6.07) is 21.5. The highest BCUT2D eigenvalue weighted by molar-refractivity contribution is 5.80. The summed E-state index contributed by atoms with van der Waals surface area (Å²) in [5.41, 5.74) is 5.74. The summed E-state index contributed by atoms with van der Waals surface area (Å²) in [5, 5.41) is 15.3. The zero-order valence-electron chi connectivity index (χ0n) is 13.9. The van der Waals surface area contributed by atoms with Gasteiger partial charge in [-0.1, -0.05) is 35.4 Å². The lowest BCUT2D eigenvalue weighted by Crippen LogP contribution is -2.24. The van der Waals surface area contributed by atoms with E-state index >= 15 is 0 Å². The van der Waals surface area contributed by atoms with E-state index < -0.39 is 0 Å². The van der Waals surface area contributed by atoms with Gasteiger partial charge in [-0.2, -0.15) is 5.10 Å². The normalized spacial score (nSPS) is 11.1. The van der Waals surface area contributed by atoms with Crippen LogP contribution in [0.25, 0.3) is 5.65 Å². The molecule has 0 atom stereocenters. The lowest BCUT2D eigenvalue weighted by molar-refractivity contribution is -0.579. The van der Waals surface area contributed by atoms with Crippen LogP contribution in [-0.2, 0) is 6.61 Å². The summed E-state index contributed by atoms with van der Waals surface area (Å²) in [5.74, 6) is 1.45. The molecular weight excluding hydrogens is 328 g/mol. The molecule has 0 fully saturated rings. The molecule has 0 bridgehead atoms. The first-order valence-electron chi connectivity index (χ1n) is 8.15. The van der Waals surface area contributed by atoms with Gasteiger partial charge in [0, 0.05) is 11.2 Å². The number of nitrogens with zero attached hydrogens (tertiary/aromatic N) is 4. The molecular formula is C19H17N6O+. The Morgan fingerprint density at radius 1 is 1.04 bits per heavy atom. The van der Waals surface area contributed by atoms with E-state index in [1.165, 1.54) is 0 Å². The summed E-state index contributed by atoms with van der Waals surface area (Å²) in [4.78, 5) is 0. The molecule has 0 unspecified atom stereocenters. The number of hydrogen-bond acceptors (Lipinski definition) is 5. The Balaban J connectivity index is 1.33. The van der Waals surface area contributed by atoms with E-state index in [0.717, 1.165) is 22.5 Å². The topological polar surface area (TPSA) is 79.3 Å². The number of aromatic nitrogens is 4. The maximum atomic E-state index is 5.77. The van der Waals surface area contributed by atoms with Crippen molar-refractivity contribution in [2.75, 3.05) is 5.43 Å². The van der Waals surface area contributed by atoms with Gasteiger partial charge in [0.2, 0.25) is 6.33 Å². The van der Waals surface area contributed by atoms with E-state index in [9.17, 15) is 0 Å². The number of hydrogen-bond donors (Lipinski definition) is 2. The van der Waals surface area contributed by atoms with Crippen LogP contribution >= 0.6 is 0 Å². The summed E-state index contributed by atoms with van der Waals surface area (Å²) < 4.78 is 7.41. The van der Waals surface area contributed by atoms with Crippen molar-refractivity contribution in [2.45, 2.75) is 6.61 Å². The maximum absolute atomic E-state index is 5.77. The van der Waals surface area contributed by atoms with Crippen molar-refractivity contribution in [3.63, 3.8) is 0 Å². The van der Waals surface area contributed by atoms with Gasteiger partial charge in [0.05, 0.1) is 6.21 Å². The Bertz CT molecular complexity index is 1010. The highest BCUT2D eigenvalue weighted by atomic mass is 16.5. The predicted molar refractivity (Wildman–Crippen MR) is 98.0 cm³/mol. The summed E-state index contributed by atoms with van der Waals surface area (Å²) in [6.45, 7) is 0.551. The molecule has 128 valence electrons. The van der Waals surface area contributed by atoms with Crippen LogP contribution in [0.15, 0.2) is 78.2 Å². The lowest BCUT2D eigenvalue weighted by Gasteiger charge is -2.06. The van der Waals surface area contributed by atoms with Gasteiger partial charge >= 0.3 is 5.65 Å². The molecule has 2 heterocycles. The zero-order valence-corrected chi connectivity index (χ0v) is 13.9. The van der Waals surface area contributed by atoms with Crippen LogP contribution in [0, 0.1) is 0 Å². The molecule has 7 heteroatoms. The fourth-order valence-corrected chi connectivity index (χ4v) is 2.39. The van der Waals surface area contributed by atoms with Crippen LogP contribution in [-0.4, -0.2) is 21.5 Å².